The third-order valence-electron chi connectivity index (χ3n) is 4.21. The smallest absolute Gasteiger partial charge is 0.162 e. The van der Waals surface area contributed by atoms with Gasteiger partial charge in [-0.2, -0.15) is 0 Å². The zero-order valence-electron chi connectivity index (χ0n) is 18.1. The largest absolute Gasteiger partial charge is 0.493 e. The van der Waals surface area contributed by atoms with Gasteiger partial charge in [0.15, 0.2) is 11.5 Å². The van der Waals surface area contributed by atoms with Crippen molar-refractivity contribution in [3.63, 3.8) is 0 Å². The first-order valence-corrected chi connectivity index (χ1v) is 9.69. The molecule has 0 fully saturated rings. The summed E-state index contributed by atoms with van der Waals surface area (Å²) >= 11 is 0. The van der Waals surface area contributed by atoms with Crippen molar-refractivity contribution in [3.8, 4) is 34.3 Å². The number of methoxy groups -OCH3 is 2. The van der Waals surface area contributed by atoms with Gasteiger partial charge in [-0.1, -0.05) is 0 Å². The Balaban J connectivity index is 2.25. The third kappa shape index (κ3) is 4.70. The van der Waals surface area contributed by atoms with Crippen LogP contribution in [0.15, 0.2) is 30.3 Å². The summed E-state index contributed by atoms with van der Waals surface area (Å²) in [5, 5.41) is 0.866. The summed E-state index contributed by atoms with van der Waals surface area (Å²) in [6.45, 7) is 9.86. The van der Waals surface area contributed by atoms with E-state index in [1.54, 1.807) is 14.2 Å². The van der Waals surface area contributed by atoms with Crippen LogP contribution in [0.25, 0.3) is 22.2 Å². The van der Waals surface area contributed by atoms with Crippen molar-refractivity contribution < 1.29 is 18.9 Å². The van der Waals surface area contributed by atoms with Gasteiger partial charge in [0, 0.05) is 23.1 Å². The lowest BCUT2D eigenvalue weighted by Crippen LogP contribution is -2.08. The average Bonchev–Trinajstić information content (AvgIpc) is 2.64. The molecule has 3 aromatic rings. The predicted octanol–water partition coefficient (Wildman–Crippen LogP) is 5.20. The van der Waals surface area contributed by atoms with E-state index >= 15 is 0 Å². The summed E-state index contributed by atoms with van der Waals surface area (Å²) < 4.78 is 22.8. The Kier molecular flexibility index (Phi) is 6.11. The van der Waals surface area contributed by atoms with Crippen LogP contribution in [0.1, 0.15) is 33.5 Å². The van der Waals surface area contributed by atoms with Gasteiger partial charge in [0.25, 0.3) is 0 Å². The van der Waals surface area contributed by atoms with Gasteiger partial charge in [-0.3, -0.25) is 0 Å². The fourth-order valence-electron chi connectivity index (χ4n) is 3.18. The Morgan fingerprint density at radius 1 is 0.724 bits per heavy atom. The highest BCUT2D eigenvalue weighted by Gasteiger charge is 2.16. The highest BCUT2D eigenvalue weighted by molar-refractivity contribution is 5.95. The van der Waals surface area contributed by atoms with Crippen LogP contribution in [0.4, 0.5) is 0 Å². The molecule has 0 atom stereocenters. The second kappa shape index (κ2) is 8.55. The predicted molar refractivity (Wildman–Crippen MR) is 114 cm³/mol. The van der Waals surface area contributed by atoms with E-state index in [1.165, 1.54) is 0 Å². The van der Waals surface area contributed by atoms with Gasteiger partial charge < -0.3 is 18.9 Å². The van der Waals surface area contributed by atoms with Crippen LogP contribution < -0.4 is 18.9 Å². The maximum absolute atomic E-state index is 5.95. The van der Waals surface area contributed by atoms with Crippen LogP contribution in [-0.4, -0.2) is 36.4 Å². The van der Waals surface area contributed by atoms with Crippen molar-refractivity contribution in [1.82, 2.24) is 9.97 Å². The van der Waals surface area contributed by atoms with E-state index in [2.05, 4.69) is 4.98 Å². The van der Waals surface area contributed by atoms with Crippen molar-refractivity contribution in [1.29, 1.82) is 0 Å². The monoisotopic (exact) mass is 396 g/mol. The number of aromatic nitrogens is 2. The normalized spacial score (nSPS) is 11.2. The highest BCUT2D eigenvalue weighted by Crippen LogP contribution is 2.38. The van der Waals surface area contributed by atoms with Gasteiger partial charge in [-0.15, -0.1) is 0 Å². The fourth-order valence-corrected chi connectivity index (χ4v) is 3.18. The van der Waals surface area contributed by atoms with E-state index in [1.807, 2.05) is 65.0 Å². The van der Waals surface area contributed by atoms with E-state index in [0.717, 1.165) is 33.7 Å². The first-order valence-electron chi connectivity index (χ1n) is 9.69. The first-order chi connectivity index (χ1) is 13.8. The molecule has 1 aromatic heterocycles. The lowest BCUT2D eigenvalue weighted by atomic mass is 10.0. The number of hydrogen-bond acceptors (Lipinski definition) is 6. The fraction of sp³-hybridized carbons (Fsp3) is 0.391. The Bertz CT molecular complexity index is 987. The average molecular weight is 396 g/mol. The molecule has 3 rings (SSSR count). The molecule has 0 radical (unpaired) electrons. The molecule has 0 unspecified atom stereocenters. The molecule has 6 heteroatoms. The van der Waals surface area contributed by atoms with Crippen LogP contribution in [0, 0.1) is 6.92 Å². The van der Waals surface area contributed by atoms with Gasteiger partial charge in [0.2, 0.25) is 0 Å². The van der Waals surface area contributed by atoms with Gasteiger partial charge in [-0.05, 0) is 52.8 Å². The number of ether oxygens (including phenoxy) is 4. The molecule has 0 aliphatic carbocycles. The number of fused-ring (bicyclic) bond motifs is 1. The molecule has 1 heterocycles. The molecule has 0 saturated carbocycles. The van der Waals surface area contributed by atoms with E-state index in [-0.39, 0.29) is 12.2 Å². The summed E-state index contributed by atoms with van der Waals surface area (Å²) in [5.74, 6) is 3.39. The first kappa shape index (κ1) is 20.7. The standard InChI is InChI=1S/C23H28N2O4/c1-13(2)28-17-8-16(9-18(10-17)29-14(3)4)23-19-11-21(26-6)22(27-7)12-20(19)24-15(5)25-23/h8-14H,1-7H3. The van der Waals surface area contributed by atoms with E-state index < -0.39 is 0 Å². The quantitative estimate of drug-likeness (QED) is 0.547. The van der Waals surface area contributed by atoms with Gasteiger partial charge in [0.05, 0.1) is 37.6 Å². The number of aryl methyl sites for hydroxylation is 1. The second-order valence-electron chi connectivity index (χ2n) is 7.37. The summed E-state index contributed by atoms with van der Waals surface area (Å²) in [5.41, 5.74) is 2.46. The lowest BCUT2D eigenvalue weighted by molar-refractivity contribution is 0.229. The van der Waals surface area contributed by atoms with E-state index in [4.69, 9.17) is 23.9 Å². The zero-order chi connectivity index (χ0) is 21.1. The maximum Gasteiger partial charge on any atom is 0.162 e. The number of nitrogens with zero attached hydrogens (tertiary/aromatic N) is 2. The van der Waals surface area contributed by atoms with Crippen molar-refractivity contribution in [3.05, 3.63) is 36.2 Å². The molecule has 154 valence electrons. The summed E-state index contributed by atoms with van der Waals surface area (Å²) in [4.78, 5) is 9.30. The molecule has 0 bridgehead atoms. The van der Waals surface area contributed by atoms with Crippen LogP contribution in [0.2, 0.25) is 0 Å². The molecule has 0 N–H and O–H groups in total. The Hall–Kier alpha value is -3.02. The SMILES string of the molecule is COc1cc2nc(C)nc(-c3cc(OC(C)C)cc(OC(C)C)c3)c2cc1OC. The summed E-state index contributed by atoms with van der Waals surface area (Å²) in [6, 6.07) is 9.63. The Morgan fingerprint density at radius 3 is 1.79 bits per heavy atom. The Labute approximate surface area is 171 Å². The molecule has 0 aliphatic rings. The number of hydrogen-bond donors (Lipinski definition) is 0. The van der Waals surface area contributed by atoms with Crippen molar-refractivity contribution in [2.45, 2.75) is 46.8 Å². The molecular formula is C23H28N2O4. The van der Waals surface area contributed by atoms with Crippen LogP contribution in [-0.2, 0) is 0 Å². The van der Waals surface area contributed by atoms with E-state index in [9.17, 15) is 0 Å². The van der Waals surface area contributed by atoms with Crippen molar-refractivity contribution in [2.24, 2.45) is 0 Å². The summed E-state index contributed by atoms with van der Waals surface area (Å²) in [7, 11) is 3.23. The topological polar surface area (TPSA) is 62.7 Å². The van der Waals surface area contributed by atoms with E-state index in [0.29, 0.717) is 17.3 Å². The second-order valence-corrected chi connectivity index (χ2v) is 7.37. The number of benzene rings is 2. The van der Waals surface area contributed by atoms with Crippen LogP contribution in [0.5, 0.6) is 23.0 Å². The Morgan fingerprint density at radius 2 is 1.28 bits per heavy atom. The van der Waals surface area contributed by atoms with Gasteiger partial charge in [-0.25, -0.2) is 9.97 Å². The summed E-state index contributed by atoms with van der Waals surface area (Å²) in [6.07, 6.45) is 0.0933. The minimum atomic E-state index is 0.0467. The van der Waals surface area contributed by atoms with Gasteiger partial charge >= 0.3 is 0 Å². The molecular weight excluding hydrogens is 368 g/mol. The molecule has 0 amide bonds. The third-order valence-corrected chi connectivity index (χ3v) is 4.21. The molecule has 0 saturated heterocycles. The van der Waals surface area contributed by atoms with Crippen molar-refractivity contribution in [2.75, 3.05) is 14.2 Å². The molecule has 0 spiro atoms. The molecule has 2 aromatic carbocycles. The zero-order valence-corrected chi connectivity index (χ0v) is 18.1. The lowest BCUT2D eigenvalue weighted by Gasteiger charge is -2.17. The van der Waals surface area contributed by atoms with Crippen LogP contribution in [0.3, 0.4) is 0 Å². The molecule has 29 heavy (non-hydrogen) atoms. The minimum Gasteiger partial charge on any atom is -0.493 e. The minimum absolute atomic E-state index is 0.0467. The van der Waals surface area contributed by atoms with Gasteiger partial charge in [0.1, 0.15) is 17.3 Å². The maximum atomic E-state index is 5.95. The molecule has 6 nitrogen and oxygen atoms in total. The highest BCUT2D eigenvalue weighted by atomic mass is 16.5. The number of rotatable bonds is 7. The van der Waals surface area contributed by atoms with Crippen molar-refractivity contribution >= 4 is 10.9 Å². The molecule has 0 aliphatic heterocycles. The van der Waals surface area contributed by atoms with Crippen LogP contribution >= 0.6 is 0 Å².